The molecule has 0 aliphatic carbocycles. The van der Waals surface area contributed by atoms with Crippen LogP contribution in [0.3, 0.4) is 0 Å². The first-order chi connectivity index (χ1) is 14.1. The van der Waals surface area contributed by atoms with E-state index in [2.05, 4.69) is 40.6 Å². The van der Waals surface area contributed by atoms with Crippen LogP contribution >= 0.6 is 22.6 Å². The van der Waals surface area contributed by atoms with Gasteiger partial charge in [-0.15, -0.1) is 0 Å². The summed E-state index contributed by atoms with van der Waals surface area (Å²) in [6.07, 6.45) is 1.27. The average molecular weight is 433 g/mol. The summed E-state index contributed by atoms with van der Waals surface area (Å²) in [4.78, 5) is 14.8. The molecule has 29 heavy (non-hydrogen) atoms. The van der Waals surface area contributed by atoms with E-state index in [0.717, 1.165) is 43.3 Å². The lowest BCUT2D eigenvalue weighted by molar-refractivity contribution is -0.133. The Balaban J connectivity index is 1.70. The number of hydrogen-bond donors (Lipinski definition) is 0. The molecule has 0 saturated heterocycles. The Labute approximate surface area is 181 Å². The minimum absolute atomic E-state index is 0.130. The Kier molecular flexibility index (Phi) is 8.16. The molecule has 0 fully saturated rings. The topological polar surface area (TPSA) is 32.8 Å². The van der Waals surface area contributed by atoms with Crippen LogP contribution in [0.5, 0.6) is 0 Å². The molecule has 3 rings (SSSR count). The lowest BCUT2D eigenvalue weighted by atomic mass is 10.0. The molecule has 0 spiro atoms. The smallest absolute Gasteiger partial charge is 0.318 e. The van der Waals surface area contributed by atoms with E-state index in [4.69, 9.17) is 15.8 Å². The van der Waals surface area contributed by atoms with Crippen molar-refractivity contribution in [2.75, 3.05) is 30.5 Å². The second-order valence-electron chi connectivity index (χ2n) is 7.05. The predicted molar refractivity (Wildman–Crippen MR) is 125 cm³/mol. The lowest BCUT2D eigenvalue weighted by Crippen LogP contribution is -2.24. The summed E-state index contributed by atoms with van der Waals surface area (Å²) in [5.74, 6) is 0.0636. The van der Waals surface area contributed by atoms with Crippen molar-refractivity contribution < 1.29 is 8.98 Å². The zero-order valence-electron chi connectivity index (χ0n) is 17.1. The Morgan fingerprint density at radius 3 is 2.48 bits per heavy atom. The van der Waals surface area contributed by atoms with Crippen LogP contribution in [0.2, 0.25) is 5.02 Å². The van der Waals surface area contributed by atoms with Crippen molar-refractivity contribution >= 4 is 39.6 Å². The summed E-state index contributed by atoms with van der Waals surface area (Å²) < 4.78 is 8.10. The van der Waals surface area contributed by atoms with Gasteiger partial charge in [0, 0.05) is 35.0 Å². The van der Waals surface area contributed by atoms with Crippen LogP contribution in [0.25, 0.3) is 0 Å². The number of benzene rings is 2. The van der Waals surface area contributed by atoms with E-state index in [1.807, 2.05) is 42.5 Å². The molecule has 1 heterocycles. The molecule has 1 aliphatic rings. The predicted octanol–water partition coefficient (Wildman–Crippen LogP) is 5.51. The molecule has 0 bridgehead atoms. The van der Waals surface area contributed by atoms with Crippen molar-refractivity contribution in [1.82, 2.24) is 4.90 Å². The van der Waals surface area contributed by atoms with Gasteiger partial charge in [-0.25, -0.2) is 0 Å². The fraction of sp³-hybridized carbons (Fsp3) is 0.391. The van der Waals surface area contributed by atoms with Gasteiger partial charge in [-0.1, -0.05) is 55.8 Å². The monoisotopic (exact) mass is 432 g/mol. The molecule has 0 saturated carbocycles. The van der Waals surface area contributed by atoms with Gasteiger partial charge in [-0.2, -0.15) is 0 Å². The molecular formula is C23H29ClN2O2S. The number of nitrogens with zero attached hydrogens (tertiary/aromatic N) is 2. The maximum atomic E-state index is 12.5. The maximum absolute atomic E-state index is 12.5. The van der Waals surface area contributed by atoms with E-state index >= 15 is 0 Å². The molecule has 0 aromatic heterocycles. The maximum Gasteiger partial charge on any atom is 0.318 e. The minimum atomic E-state index is -0.688. The minimum Gasteiger partial charge on any atom is -0.379 e. The first kappa shape index (κ1) is 21.9. The number of carbonyl (C=O) groups is 1. The highest BCUT2D eigenvalue weighted by Gasteiger charge is 2.27. The number of para-hydroxylation sites is 1. The SMILES string of the molecule is CCN(CC)CCCC(=O)OS1=CC(c2ccc(Cl)cc2)CN1c1ccccc1. The van der Waals surface area contributed by atoms with Crippen molar-refractivity contribution in [3.05, 3.63) is 65.2 Å². The van der Waals surface area contributed by atoms with Gasteiger partial charge < -0.3 is 9.08 Å². The van der Waals surface area contributed by atoms with Crippen molar-refractivity contribution in [2.24, 2.45) is 0 Å². The zero-order chi connectivity index (χ0) is 20.6. The third-order valence-electron chi connectivity index (χ3n) is 5.13. The summed E-state index contributed by atoms with van der Waals surface area (Å²) in [5.41, 5.74) is 2.25. The fourth-order valence-corrected chi connectivity index (χ4v) is 5.26. The number of anilines is 1. The highest BCUT2D eigenvalue weighted by atomic mass is 35.5. The highest BCUT2D eigenvalue weighted by Crippen LogP contribution is 2.38. The van der Waals surface area contributed by atoms with Crippen LogP contribution < -0.4 is 4.31 Å². The zero-order valence-corrected chi connectivity index (χ0v) is 18.7. The van der Waals surface area contributed by atoms with Crippen LogP contribution in [-0.4, -0.2) is 42.4 Å². The van der Waals surface area contributed by atoms with Crippen molar-refractivity contribution in [1.29, 1.82) is 0 Å². The Bertz CT molecular complexity index is 823. The number of carbonyl (C=O) groups excluding carboxylic acids is 1. The van der Waals surface area contributed by atoms with Crippen LogP contribution in [0, 0.1) is 0 Å². The number of halogens is 1. The number of hydrogen-bond acceptors (Lipinski definition) is 4. The van der Waals surface area contributed by atoms with E-state index < -0.39 is 11.0 Å². The molecule has 156 valence electrons. The molecule has 2 aromatic carbocycles. The van der Waals surface area contributed by atoms with Gasteiger partial charge in [0.15, 0.2) is 0 Å². The molecule has 2 atom stereocenters. The van der Waals surface area contributed by atoms with Gasteiger partial charge in [0.1, 0.15) is 0 Å². The first-order valence-corrected chi connectivity index (χ1v) is 11.7. The molecule has 2 unspecified atom stereocenters. The Morgan fingerprint density at radius 1 is 1.14 bits per heavy atom. The van der Waals surface area contributed by atoms with Gasteiger partial charge in [-0.05, 0) is 55.9 Å². The molecular weight excluding hydrogens is 404 g/mol. The summed E-state index contributed by atoms with van der Waals surface area (Å²) in [5, 5.41) is 2.88. The Morgan fingerprint density at radius 2 is 1.83 bits per heavy atom. The summed E-state index contributed by atoms with van der Waals surface area (Å²) in [6.45, 7) is 8.01. The van der Waals surface area contributed by atoms with Crippen molar-refractivity contribution in [2.45, 2.75) is 32.6 Å². The first-order valence-electron chi connectivity index (χ1n) is 10.2. The second-order valence-corrected chi connectivity index (χ2v) is 8.92. The summed E-state index contributed by atoms with van der Waals surface area (Å²) in [6, 6.07) is 18.1. The normalized spacial score (nSPS) is 18.7. The van der Waals surface area contributed by atoms with E-state index in [1.54, 1.807) is 0 Å². The number of rotatable bonds is 9. The molecule has 2 aromatic rings. The van der Waals surface area contributed by atoms with Crippen LogP contribution in [0.4, 0.5) is 5.69 Å². The standard InChI is InChI=1S/C23H29ClN2O2S/c1-3-25(4-2)16-8-11-23(27)28-29-18-20(19-12-14-21(24)15-13-19)17-26(29)22-9-6-5-7-10-22/h5-7,9-10,12-15,18,20H,3-4,8,11,16-17H2,1-2H3. The van der Waals surface area contributed by atoms with E-state index in [-0.39, 0.29) is 11.9 Å². The van der Waals surface area contributed by atoms with Gasteiger partial charge in [0.05, 0.1) is 11.0 Å². The van der Waals surface area contributed by atoms with Crippen molar-refractivity contribution in [3.63, 3.8) is 0 Å². The van der Waals surface area contributed by atoms with Gasteiger partial charge in [0.25, 0.3) is 0 Å². The fourth-order valence-electron chi connectivity index (χ4n) is 3.40. The van der Waals surface area contributed by atoms with Crippen molar-refractivity contribution in [3.8, 4) is 0 Å². The Hall–Kier alpha value is -1.82. The van der Waals surface area contributed by atoms with Gasteiger partial charge in [0.2, 0.25) is 0 Å². The second kappa shape index (κ2) is 10.8. The largest absolute Gasteiger partial charge is 0.379 e. The molecule has 0 amide bonds. The lowest BCUT2D eigenvalue weighted by Gasteiger charge is -2.23. The molecule has 0 N–H and O–H groups in total. The summed E-state index contributed by atoms with van der Waals surface area (Å²) >= 11 is 6.04. The summed E-state index contributed by atoms with van der Waals surface area (Å²) in [7, 11) is -0.688. The van der Waals surface area contributed by atoms with E-state index in [0.29, 0.717) is 6.42 Å². The van der Waals surface area contributed by atoms with E-state index in [1.165, 1.54) is 5.56 Å². The van der Waals surface area contributed by atoms with Crippen LogP contribution in [-0.2, 0) is 8.98 Å². The third kappa shape index (κ3) is 6.08. The van der Waals surface area contributed by atoms with Gasteiger partial charge >= 0.3 is 5.97 Å². The quantitative estimate of drug-likeness (QED) is 0.489. The molecule has 1 aliphatic heterocycles. The van der Waals surface area contributed by atoms with Crippen LogP contribution in [0.15, 0.2) is 54.6 Å². The highest BCUT2D eigenvalue weighted by molar-refractivity contribution is 8.12. The van der Waals surface area contributed by atoms with E-state index in [9.17, 15) is 4.79 Å². The van der Waals surface area contributed by atoms with Gasteiger partial charge in [-0.3, -0.25) is 9.10 Å². The third-order valence-corrected chi connectivity index (χ3v) is 7.10. The molecule has 4 nitrogen and oxygen atoms in total. The average Bonchev–Trinajstić information content (AvgIpc) is 3.16. The molecule has 0 radical (unpaired) electrons. The van der Waals surface area contributed by atoms with Crippen LogP contribution in [0.1, 0.15) is 38.2 Å². The molecule has 6 heteroatoms.